The first kappa shape index (κ1) is 12.2. The lowest BCUT2D eigenvalue weighted by Crippen LogP contribution is -2.06. The zero-order valence-electron chi connectivity index (χ0n) is 10.7. The SMILES string of the molecule is COC(=O)Cc1nc2nccc(-c3cccnc3)n2n1. The molecule has 0 N–H and O–H groups in total. The largest absolute Gasteiger partial charge is 0.469 e. The standard InChI is InChI=1S/C13H11N5O2/c1-20-12(19)7-11-16-13-15-6-4-10(18(13)17-11)9-3-2-5-14-8-9/h2-6,8H,7H2,1H3. The maximum absolute atomic E-state index is 11.3. The summed E-state index contributed by atoms with van der Waals surface area (Å²) in [5.74, 6) is 0.426. The molecule has 0 saturated carbocycles. The lowest BCUT2D eigenvalue weighted by molar-refractivity contribution is -0.139. The van der Waals surface area contributed by atoms with Crippen LogP contribution in [0, 0.1) is 0 Å². The van der Waals surface area contributed by atoms with Crippen molar-refractivity contribution in [2.24, 2.45) is 0 Å². The van der Waals surface area contributed by atoms with E-state index in [2.05, 4.69) is 24.8 Å². The van der Waals surface area contributed by atoms with Crippen molar-refractivity contribution < 1.29 is 9.53 Å². The van der Waals surface area contributed by atoms with E-state index in [9.17, 15) is 4.79 Å². The molecule has 0 amide bonds. The van der Waals surface area contributed by atoms with Gasteiger partial charge in [0.15, 0.2) is 5.82 Å². The van der Waals surface area contributed by atoms with Crippen LogP contribution < -0.4 is 0 Å². The summed E-state index contributed by atoms with van der Waals surface area (Å²) in [5, 5.41) is 4.29. The Bertz CT molecular complexity index is 754. The number of aromatic nitrogens is 5. The number of carbonyl (C=O) groups is 1. The highest BCUT2D eigenvalue weighted by Gasteiger charge is 2.12. The Kier molecular flexibility index (Phi) is 3.08. The average Bonchev–Trinajstić information content (AvgIpc) is 2.90. The predicted octanol–water partition coefficient (Wildman–Crippen LogP) is 0.902. The van der Waals surface area contributed by atoms with Gasteiger partial charge in [-0.1, -0.05) is 0 Å². The predicted molar refractivity (Wildman–Crippen MR) is 69.7 cm³/mol. The molecule has 3 heterocycles. The first-order chi connectivity index (χ1) is 9.78. The minimum absolute atomic E-state index is 0.0202. The topological polar surface area (TPSA) is 82.3 Å². The van der Waals surface area contributed by atoms with Gasteiger partial charge < -0.3 is 4.74 Å². The van der Waals surface area contributed by atoms with Crippen LogP contribution in [0.3, 0.4) is 0 Å². The highest BCUT2D eigenvalue weighted by atomic mass is 16.5. The van der Waals surface area contributed by atoms with Gasteiger partial charge in [-0.15, -0.1) is 5.10 Å². The van der Waals surface area contributed by atoms with E-state index in [1.54, 1.807) is 23.1 Å². The minimum atomic E-state index is -0.385. The van der Waals surface area contributed by atoms with Crippen LogP contribution >= 0.6 is 0 Å². The van der Waals surface area contributed by atoms with Crippen LogP contribution in [-0.2, 0) is 16.0 Å². The summed E-state index contributed by atoms with van der Waals surface area (Å²) in [5.41, 5.74) is 1.71. The van der Waals surface area contributed by atoms with Gasteiger partial charge >= 0.3 is 5.97 Å². The van der Waals surface area contributed by atoms with Gasteiger partial charge in [0.25, 0.3) is 5.78 Å². The molecule has 0 unspecified atom stereocenters. The van der Waals surface area contributed by atoms with Crippen molar-refractivity contribution in [3.05, 3.63) is 42.6 Å². The van der Waals surface area contributed by atoms with Gasteiger partial charge in [-0.05, 0) is 18.2 Å². The van der Waals surface area contributed by atoms with E-state index in [1.807, 2.05) is 18.2 Å². The summed E-state index contributed by atoms with van der Waals surface area (Å²) in [6.45, 7) is 0. The Hall–Kier alpha value is -2.83. The Morgan fingerprint density at radius 1 is 1.35 bits per heavy atom. The summed E-state index contributed by atoms with van der Waals surface area (Å²) >= 11 is 0. The molecular formula is C13H11N5O2. The quantitative estimate of drug-likeness (QED) is 0.657. The molecule has 20 heavy (non-hydrogen) atoms. The van der Waals surface area contributed by atoms with Gasteiger partial charge in [0.1, 0.15) is 6.42 Å². The molecule has 3 aromatic rings. The van der Waals surface area contributed by atoms with Crippen LogP contribution in [0.1, 0.15) is 5.82 Å². The molecule has 0 aromatic carbocycles. The van der Waals surface area contributed by atoms with E-state index >= 15 is 0 Å². The summed E-state index contributed by atoms with van der Waals surface area (Å²) in [6, 6.07) is 5.58. The Balaban J connectivity index is 2.08. The summed E-state index contributed by atoms with van der Waals surface area (Å²) in [4.78, 5) is 23.7. The lowest BCUT2D eigenvalue weighted by atomic mass is 10.2. The van der Waals surface area contributed by atoms with Gasteiger partial charge in [-0.3, -0.25) is 9.78 Å². The molecule has 0 atom stereocenters. The Morgan fingerprint density at radius 3 is 3.00 bits per heavy atom. The van der Waals surface area contributed by atoms with E-state index in [-0.39, 0.29) is 12.4 Å². The molecule has 7 nitrogen and oxygen atoms in total. The van der Waals surface area contributed by atoms with Gasteiger partial charge in [0, 0.05) is 24.2 Å². The second-order valence-corrected chi connectivity index (χ2v) is 4.06. The van der Waals surface area contributed by atoms with Crippen molar-refractivity contribution in [1.82, 2.24) is 24.6 Å². The normalized spacial score (nSPS) is 10.7. The molecular weight excluding hydrogens is 258 g/mol. The van der Waals surface area contributed by atoms with Crippen molar-refractivity contribution >= 4 is 11.7 Å². The number of fused-ring (bicyclic) bond motifs is 1. The molecule has 0 radical (unpaired) electrons. The zero-order valence-corrected chi connectivity index (χ0v) is 10.7. The summed E-state index contributed by atoms with van der Waals surface area (Å²) in [6.07, 6.45) is 5.10. The van der Waals surface area contributed by atoms with E-state index in [0.717, 1.165) is 11.3 Å². The van der Waals surface area contributed by atoms with Crippen molar-refractivity contribution in [2.45, 2.75) is 6.42 Å². The van der Waals surface area contributed by atoms with Crippen LogP contribution in [0.4, 0.5) is 0 Å². The van der Waals surface area contributed by atoms with Gasteiger partial charge in [0.2, 0.25) is 0 Å². The Labute approximate surface area is 114 Å². The average molecular weight is 269 g/mol. The molecule has 0 saturated heterocycles. The molecule has 3 aromatic heterocycles. The maximum atomic E-state index is 11.3. The molecule has 0 aliphatic carbocycles. The Morgan fingerprint density at radius 2 is 2.25 bits per heavy atom. The number of pyridine rings is 1. The fraction of sp³-hybridized carbons (Fsp3) is 0.154. The smallest absolute Gasteiger partial charge is 0.313 e. The van der Waals surface area contributed by atoms with Gasteiger partial charge in [-0.25, -0.2) is 4.98 Å². The third kappa shape index (κ3) is 2.20. The van der Waals surface area contributed by atoms with Crippen LogP contribution in [0.15, 0.2) is 36.8 Å². The van der Waals surface area contributed by atoms with Crippen LogP contribution in [0.5, 0.6) is 0 Å². The summed E-state index contributed by atoms with van der Waals surface area (Å²) in [7, 11) is 1.33. The lowest BCUT2D eigenvalue weighted by Gasteiger charge is -2.01. The number of ether oxygens (including phenoxy) is 1. The monoisotopic (exact) mass is 269 g/mol. The van der Waals surface area contributed by atoms with E-state index in [1.165, 1.54) is 7.11 Å². The van der Waals surface area contributed by atoms with Crippen molar-refractivity contribution in [1.29, 1.82) is 0 Å². The van der Waals surface area contributed by atoms with Crippen molar-refractivity contribution in [3.8, 4) is 11.3 Å². The van der Waals surface area contributed by atoms with Gasteiger partial charge in [-0.2, -0.15) is 9.50 Å². The van der Waals surface area contributed by atoms with E-state index in [0.29, 0.717) is 11.6 Å². The molecule has 0 bridgehead atoms. The molecule has 100 valence electrons. The van der Waals surface area contributed by atoms with Crippen molar-refractivity contribution in [3.63, 3.8) is 0 Å². The van der Waals surface area contributed by atoms with E-state index in [4.69, 9.17) is 0 Å². The number of rotatable bonds is 3. The summed E-state index contributed by atoms with van der Waals surface area (Å²) < 4.78 is 6.20. The number of hydrogen-bond donors (Lipinski definition) is 0. The fourth-order valence-electron chi connectivity index (χ4n) is 1.84. The highest BCUT2D eigenvalue weighted by molar-refractivity contribution is 5.71. The maximum Gasteiger partial charge on any atom is 0.313 e. The molecule has 7 heteroatoms. The van der Waals surface area contributed by atoms with Crippen LogP contribution in [0.2, 0.25) is 0 Å². The molecule has 3 rings (SSSR count). The van der Waals surface area contributed by atoms with Gasteiger partial charge in [0.05, 0.1) is 12.8 Å². The molecule has 0 spiro atoms. The minimum Gasteiger partial charge on any atom is -0.469 e. The molecule has 0 aliphatic heterocycles. The van der Waals surface area contributed by atoms with Crippen LogP contribution in [0.25, 0.3) is 17.0 Å². The third-order valence-corrected chi connectivity index (χ3v) is 2.77. The van der Waals surface area contributed by atoms with Crippen LogP contribution in [-0.4, -0.2) is 37.6 Å². The number of esters is 1. The fourth-order valence-corrected chi connectivity index (χ4v) is 1.84. The first-order valence-corrected chi connectivity index (χ1v) is 5.96. The van der Waals surface area contributed by atoms with Crippen molar-refractivity contribution in [2.75, 3.05) is 7.11 Å². The molecule has 0 aliphatic rings. The second kappa shape index (κ2) is 5.04. The molecule has 0 fully saturated rings. The van der Waals surface area contributed by atoms with E-state index < -0.39 is 0 Å². The highest BCUT2D eigenvalue weighted by Crippen LogP contribution is 2.17. The zero-order chi connectivity index (χ0) is 13.9. The number of carbonyl (C=O) groups excluding carboxylic acids is 1. The third-order valence-electron chi connectivity index (χ3n) is 2.77. The number of hydrogen-bond acceptors (Lipinski definition) is 6. The number of methoxy groups -OCH3 is 1. The second-order valence-electron chi connectivity index (χ2n) is 4.06. The first-order valence-electron chi connectivity index (χ1n) is 5.96. The number of nitrogens with zero attached hydrogens (tertiary/aromatic N) is 5.